The van der Waals surface area contributed by atoms with Gasteiger partial charge >= 0.3 is 5.97 Å². The van der Waals surface area contributed by atoms with Crippen molar-refractivity contribution >= 4 is 34.9 Å². The van der Waals surface area contributed by atoms with Gasteiger partial charge in [-0.3, -0.25) is 15.1 Å². The molecule has 6 nitrogen and oxygen atoms in total. The normalized spacial score (nSPS) is 21.5. The van der Waals surface area contributed by atoms with Gasteiger partial charge in [-0.25, -0.2) is 4.79 Å². The zero-order chi connectivity index (χ0) is 16.6. The summed E-state index contributed by atoms with van der Waals surface area (Å²) in [7, 11) is 0. The van der Waals surface area contributed by atoms with E-state index in [1.54, 1.807) is 12.1 Å². The molecule has 0 fully saturated rings. The molecule has 0 aliphatic carbocycles. The Morgan fingerprint density at radius 1 is 1.36 bits per heavy atom. The van der Waals surface area contributed by atoms with Crippen molar-refractivity contribution in [3.05, 3.63) is 55.2 Å². The second-order valence-electron chi connectivity index (χ2n) is 4.91. The molecule has 1 N–H and O–H groups in total. The Kier molecular flexibility index (Phi) is 4.53. The number of carbonyl (C=O) groups is 1. The minimum Gasteiger partial charge on any atom is -0.478 e. The van der Waals surface area contributed by atoms with Crippen LogP contribution < -0.4 is 0 Å². The number of halogens is 2. The minimum atomic E-state index is -1.30. The second-order valence-corrected chi connectivity index (χ2v) is 5.69. The van der Waals surface area contributed by atoms with Gasteiger partial charge < -0.3 is 5.11 Å². The zero-order valence-electron chi connectivity index (χ0n) is 11.7. The maximum absolute atomic E-state index is 11.6. The lowest BCUT2D eigenvalue weighted by Crippen LogP contribution is -2.39. The van der Waals surface area contributed by atoms with Crippen LogP contribution >= 0.6 is 23.2 Å². The summed E-state index contributed by atoms with van der Waals surface area (Å²) in [6, 6.07) is 3.36. The van der Waals surface area contributed by atoms with E-state index in [9.17, 15) is 20.0 Å². The lowest BCUT2D eigenvalue weighted by Gasteiger charge is -2.27. The van der Waals surface area contributed by atoms with Crippen LogP contribution in [0.15, 0.2) is 34.5 Å². The van der Waals surface area contributed by atoms with Crippen LogP contribution in [0.25, 0.3) is 0 Å². The summed E-state index contributed by atoms with van der Waals surface area (Å²) < 4.78 is 0. The van der Waals surface area contributed by atoms with Crippen LogP contribution in [-0.2, 0) is 4.79 Å². The van der Waals surface area contributed by atoms with Gasteiger partial charge in [0.2, 0.25) is 0 Å². The molecule has 0 saturated carbocycles. The number of aliphatic carboxylic acids is 1. The van der Waals surface area contributed by atoms with Crippen molar-refractivity contribution in [3.8, 4) is 0 Å². The van der Waals surface area contributed by atoms with Gasteiger partial charge in [-0.15, -0.1) is 0 Å². The van der Waals surface area contributed by atoms with E-state index in [2.05, 4.69) is 4.99 Å². The Morgan fingerprint density at radius 3 is 2.55 bits per heavy atom. The van der Waals surface area contributed by atoms with E-state index < -0.39 is 22.9 Å². The summed E-state index contributed by atoms with van der Waals surface area (Å²) in [5.41, 5.74) is 0.621. The number of hydrogen-bond donors (Lipinski definition) is 1. The molecule has 1 aliphatic rings. The van der Waals surface area contributed by atoms with E-state index in [1.807, 2.05) is 0 Å². The first-order valence-electron chi connectivity index (χ1n) is 6.32. The first-order valence-corrected chi connectivity index (χ1v) is 7.08. The van der Waals surface area contributed by atoms with Crippen molar-refractivity contribution in [2.24, 2.45) is 4.99 Å². The van der Waals surface area contributed by atoms with Crippen molar-refractivity contribution in [3.63, 3.8) is 0 Å². The number of nitrogens with zero attached hydrogens (tertiary/aromatic N) is 2. The molecule has 0 radical (unpaired) electrons. The Morgan fingerprint density at radius 2 is 2.00 bits per heavy atom. The van der Waals surface area contributed by atoms with E-state index in [0.29, 0.717) is 5.56 Å². The molecular weight excluding hydrogens is 331 g/mol. The van der Waals surface area contributed by atoms with Crippen LogP contribution in [0, 0.1) is 10.1 Å². The molecule has 2 unspecified atom stereocenters. The van der Waals surface area contributed by atoms with Crippen molar-refractivity contribution in [2.75, 3.05) is 0 Å². The molecule has 0 amide bonds. The number of aliphatic imine (C=N–C) groups is 1. The van der Waals surface area contributed by atoms with Gasteiger partial charge in [0, 0.05) is 10.6 Å². The lowest BCUT2D eigenvalue weighted by atomic mass is 9.80. The van der Waals surface area contributed by atoms with Gasteiger partial charge in [0.25, 0.3) is 6.04 Å². The Hall–Kier alpha value is -1.92. The molecule has 0 bridgehead atoms. The summed E-state index contributed by atoms with van der Waals surface area (Å²) in [5.74, 6) is -2.31. The average molecular weight is 343 g/mol. The molecule has 0 aromatic heterocycles. The van der Waals surface area contributed by atoms with Gasteiger partial charge in [0.05, 0.1) is 27.2 Å². The highest BCUT2D eigenvalue weighted by molar-refractivity contribution is 6.42. The van der Waals surface area contributed by atoms with Crippen LogP contribution in [0.4, 0.5) is 0 Å². The number of carboxylic acid groups (broad SMARTS) is 1. The van der Waals surface area contributed by atoms with Gasteiger partial charge in [0.1, 0.15) is 0 Å². The monoisotopic (exact) mass is 342 g/mol. The highest BCUT2D eigenvalue weighted by Gasteiger charge is 2.45. The lowest BCUT2D eigenvalue weighted by molar-refractivity contribution is -0.505. The third-order valence-corrected chi connectivity index (χ3v) is 4.40. The number of allylic oxidation sites excluding steroid dienone is 1. The van der Waals surface area contributed by atoms with Gasteiger partial charge in [-0.2, -0.15) is 0 Å². The van der Waals surface area contributed by atoms with Crippen molar-refractivity contribution in [1.29, 1.82) is 0 Å². The van der Waals surface area contributed by atoms with E-state index in [4.69, 9.17) is 23.2 Å². The Balaban J connectivity index is 2.76. The molecule has 0 spiro atoms. The molecule has 1 heterocycles. The molecule has 8 heteroatoms. The molecule has 22 heavy (non-hydrogen) atoms. The molecule has 1 aliphatic heterocycles. The van der Waals surface area contributed by atoms with Crippen LogP contribution in [0.5, 0.6) is 0 Å². The number of rotatable bonds is 3. The molecule has 0 saturated heterocycles. The third-order valence-electron chi connectivity index (χ3n) is 3.56. The summed E-state index contributed by atoms with van der Waals surface area (Å²) in [4.78, 5) is 26.5. The summed E-state index contributed by atoms with van der Waals surface area (Å²) in [6.07, 6.45) is 0. The molecule has 2 atom stereocenters. The largest absolute Gasteiger partial charge is 0.478 e. The fraction of sp³-hybridized carbons (Fsp3) is 0.286. The summed E-state index contributed by atoms with van der Waals surface area (Å²) in [6.45, 7) is 3.01. The second kappa shape index (κ2) is 6.06. The maximum atomic E-state index is 11.6. The quantitative estimate of drug-likeness (QED) is 0.671. The highest BCUT2D eigenvalue weighted by atomic mass is 35.5. The van der Waals surface area contributed by atoms with Gasteiger partial charge in [-0.05, 0) is 25.5 Å². The standard InChI is InChI=1S/C14H12Cl2N2O4/c1-6-10(14(19)20)11(13(18(21)22)7(2)17-6)8-4-3-5-9(15)12(8)16/h3-5,11,13H,1-2H3,(H,19,20). The Bertz CT molecular complexity index is 728. The van der Waals surface area contributed by atoms with Crippen LogP contribution in [-0.4, -0.2) is 27.8 Å². The highest BCUT2D eigenvalue weighted by Crippen LogP contribution is 2.41. The maximum Gasteiger partial charge on any atom is 0.334 e. The first kappa shape index (κ1) is 16.5. The van der Waals surface area contributed by atoms with Crippen LogP contribution in [0.1, 0.15) is 25.3 Å². The average Bonchev–Trinajstić information content (AvgIpc) is 2.39. The van der Waals surface area contributed by atoms with Gasteiger partial charge in [-0.1, -0.05) is 35.3 Å². The number of nitro groups is 1. The van der Waals surface area contributed by atoms with E-state index in [0.717, 1.165) is 0 Å². The predicted octanol–water partition coefficient (Wildman–Crippen LogP) is 3.56. The molecule has 1 aromatic rings. The molecule has 116 valence electrons. The summed E-state index contributed by atoms with van der Waals surface area (Å²) in [5, 5.41) is 21.2. The Labute approximate surface area is 136 Å². The topological polar surface area (TPSA) is 92.8 Å². The summed E-state index contributed by atoms with van der Waals surface area (Å²) >= 11 is 12.1. The fourth-order valence-corrected chi connectivity index (χ4v) is 3.09. The van der Waals surface area contributed by atoms with Crippen LogP contribution in [0.2, 0.25) is 10.0 Å². The first-order chi connectivity index (χ1) is 10.3. The van der Waals surface area contributed by atoms with E-state index in [-0.39, 0.29) is 27.0 Å². The number of hydrogen-bond acceptors (Lipinski definition) is 4. The zero-order valence-corrected chi connectivity index (χ0v) is 13.2. The van der Waals surface area contributed by atoms with Gasteiger partial charge in [0.15, 0.2) is 0 Å². The number of carboxylic acids is 1. The van der Waals surface area contributed by atoms with Crippen molar-refractivity contribution in [2.45, 2.75) is 25.8 Å². The minimum absolute atomic E-state index is 0.113. The molecule has 2 rings (SSSR count). The van der Waals surface area contributed by atoms with Crippen molar-refractivity contribution < 1.29 is 14.8 Å². The van der Waals surface area contributed by atoms with E-state index >= 15 is 0 Å². The number of benzene rings is 1. The third kappa shape index (κ3) is 2.71. The predicted molar refractivity (Wildman–Crippen MR) is 83.4 cm³/mol. The molecule has 1 aromatic carbocycles. The van der Waals surface area contributed by atoms with Crippen molar-refractivity contribution in [1.82, 2.24) is 0 Å². The SMILES string of the molecule is CC1=NC(C)=C(C(=O)O)C(c2cccc(Cl)c2Cl)C1[N+](=O)[O-]. The van der Waals surface area contributed by atoms with E-state index in [1.165, 1.54) is 19.9 Å². The van der Waals surface area contributed by atoms with Crippen LogP contribution in [0.3, 0.4) is 0 Å². The molecular formula is C14H12Cl2N2O4. The fourth-order valence-electron chi connectivity index (χ4n) is 2.66. The smallest absolute Gasteiger partial charge is 0.334 e.